The molecule has 0 bridgehead atoms. The largest absolute Gasteiger partial charge is 0.413 e. The van der Waals surface area contributed by atoms with E-state index in [1.165, 1.54) is 16.9 Å². The number of carbonyl (C=O) groups excluding carboxylic acids is 1. The van der Waals surface area contributed by atoms with Gasteiger partial charge in [0.1, 0.15) is 0 Å². The van der Waals surface area contributed by atoms with Gasteiger partial charge in [0.25, 0.3) is 0 Å². The van der Waals surface area contributed by atoms with E-state index in [1.807, 2.05) is 0 Å². The third-order valence-corrected chi connectivity index (χ3v) is 6.95. The van der Waals surface area contributed by atoms with Gasteiger partial charge >= 0.3 is 134 Å². The van der Waals surface area contributed by atoms with Gasteiger partial charge in [-0.15, -0.1) is 3.63 Å². The van der Waals surface area contributed by atoms with E-state index >= 15 is 0 Å². The summed E-state index contributed by atoms with van der Waals surface area (Å²) in [4.78, 5) is 14.2. The van der Waals surface area contributed by atoms with Crippen molar-refractivity contribution < 1.29 is 39.1 Å². The quantitative estimate of drug-likeness (QED) is 0.275. The average molecular weight is 482 g/mol. The fourth-order valence-electron chi connectivity index (χ4n) is 1.90. The van der Waals surface area contributed by atoms with Gasteiger partial charge in [0.05, 0.1) is 0 Å². The molecule has 3 N–H and O–H groups in total. The van der Waals surface area contributed by atoms with Crippen LogP contribution in [0.3, 0.4) is 0 Å². The van der Waals surface area contributed by atoms with Crippen LogP contribution in [0.4, 0.5) is 0 Å². The average Bonchev–Trinajstić information content (AvgIpc) is 2.51. The summed E-state index contributed by atoms with van der Waals surface area (Å²) in [5.41, 5.74) is 0. The van der Waals surface area contributed by atoms with Crippen molar-refractivity contribution in [3.05, 3.63) is 0 Å². The minimum atomic E-state index is -5.12. The third-order valence-electron chi connectivity index (χ3n) is 3.56. The maximum absolute atomic E-state index is 11.8. The van der Waals surface area contributed by atoms with Gasteiger partial charge in [-0.05, 0) is 0 Å². The summed E-state index contributed by atoms with van der Waals surface area (Å²) in [5, 5.41) is 3.04. The molecule has 0 aliphatic carbocycles. The molecule has 26 heavy (non-hydrogen) atoms. The van der Waals surface area contributed by atoms with Crippen molar-refractivity contribution in [1.82, 2.24) is 10.2 Å². The minimum absolute atomic E-state index is 0.178. The number of amides is 1. The molecule has 0 saturated carbocycles. The first-order valence-electron chi connectivity index (χ1n) is 7.85. The van der Waals surface area contributed by atoms with Gasteiger partial charge in [-0.1, -0.05) is 0 Å². The molecule has 11 nitrogen and oxygen atoms in total. The van der Waals surface area contributed by atoms with Gasteiger partial charge in [-0.2, -0.15) is 16.8 Å². The summed E-state index contributed by atoms with van der Waals surface area (Å²) < 4.78 is 61.0. The molecule has 156 valence electrons. The second kappa shape index (κ2) is 12.2. The molecule has 3 unspecified atom stereocenters. The van der Waals surface area contributed by atoms with Crippen LogP contribution in [0.15, 0.2) is 0 Å². The molecule has 0 aromatic rings. The number of hydrogen-bond donors (Lipinski definition) is 3. The molecule has 1 heterocycles. The Morgan fingerprint density at radius 2 is 1.73 bits per heavy atom. The van der Waals surface area contributed by atoms with Gasteiger partial charge < -0.3 is 0 Å². The summed E-state index contributed by atoms with van der Waals surface area (Å²) in [6.07, 6.45) is 1.07. The third kappa shape index (κ3) is 13.9. The van der Waals surface area contributed by atoms with Crippen LogP contribution < -0.4 is 5.32 Å². The Bertz CT molecular complexity index is 591. The van der Waals surface area contributed by atoms with Gasteiger partial charge in [0, 0.05) is 0 Å². The van der Waals surface area contributed by atoms with Crippen LogP contribution in [-0.2, 0) is 34.0 Å². The van der Waals surface area contributed by atoms with Gasteiger partial charge in [-0.25, -0.2) is 0 Å². The van der Waals surface area contributed by atoms with Gasteiger partial charge in [-0.3, -0.25) is 9.11 Å². The topological polar surface area (TPSA) is 160 Å². The number of carbonyl (C=O) groups is 1. The summed E-state index contributed by atoms with van der Waals surface area (Å²) in [7, 11) is -10.2. The van der Waals surface area contributed by atoms with Crippen molar-refractivity contribution in [1.29, 1.82) is 0 Å². The minimum Gasteiger partial charge on any atom is -0.263 e. The first-order chi connectivity index (χ1) is 11.9. The zero-order valence-corrected chi connectivity index (χ0v) is 18.8. The van der Waals surface area contributed by atoms with Crippen LogP contribution in [-0.4, -0.2) is 93.0 Å². The van der Waals surface area contributed by atoms with Crippen molar-refractivity contribution in [2.75, 3.05) is 39.4 Å². The van der Waals surface area contributed by atoms with Crippen LogP contribution in [0.2, 0.25) is 4.71 Å². The predicted octanol–water partition coefficient (Wildman–Crippen LogP) is -1.49. The molecule has 0 aromatic carbocycles. The van der Waals surface area contributed by atoms with Crippen LogP contribution in [0, 0.1) is 5.92 Å². The molecule has 0 spiro atoms. The monoisotopic (exact) mass is 482 g/mol. The summed E-state index contributed by atoms with van der Waals surface area (Å²) in [6.45, 7) is 9.60. The van der Waals surface area contributed by atoms with E-state index < -0.39 is 20.8 Å². The number of ether oxygens (including phenoxy) is 1. The first kappa shape index (κ1) is 25.7. The zero-order valence-electron chi connectivity index (χ0n) is 14.7. The van der Waals surface area contributed by atoms with Crippen molar-refractivity contribution in [3.63, 3.8) is 0 Å². The molecule has 1 aliphatic rings. The van der Waals surface area contributed by atoms with Crippen LogP contribution in [0.5, 0.6) is 0 Å². The summed E-state index contributed by atoms with van der Waals surface area (Å²) >= 11 is 1.53. The normalized spacial score (nSPS) is 18.3. The Kier molecular flexibility index (Phi) is 12.1. The molecular formula is C12H27AsN2O9S2. The van der Waals surface area contributed by atoms with E-state index in [-0.39, 0.29) is 10.6 Å². The number of nitrogens with zero attached hydrogens (tertiary/aromatic N) is 1. The number of hydrogen-bond acceptors (Lipinski definition) is 8. The fourth-order valence-corrected chi connectivity index (χ4v) is 3.59. The van der Waals surface area contributed by atoms with E-state index in [0.29, 0.717) is 5.92 Å². The Balaban J connectivity index is 0.000000590. The van der Waals surface area contributed by atoms with Crippen molar-refractivity contribution in [2.45, 2.75) is 25.0 Å². The van der Waals surface area contributed by atoms with Crippen LogP contribution >= 0.6 is 0 Å². The second-order valence-corrected chi connectivity index (χ2v) is 9.34. The zero-order chi connectivity index (χ0) is 20.4. The Labute approximate surface area is 163 Å². The molecule has 0 radical (unpaired) electrons. The Hall–Kier alpha value is -0.272. The van der Waals surface area contributed by atoms with Gasteiger partial charge in [0.2, 0.25) is 0 Å². The van der Waals surface area contributed by atoms with E-state index in [4.69, 9.17) is 13.8 Å². The van der Waals surface area contributed by atoms with Gasteiger partial charge in [0.15, 0.2) is 0 Å². The first-order valence-corrected chi connectivity index (χ1v) is 12.0. The number of nitrogens with one attached hydrogen (secondary N) is 1. The maximum Gasteiger partial charge on any atom is 0.413 e. The summed E-state index contributed by atoms with van der Waals surface area (Å²) in [5.74, 6) is 0.700. The molecule has 14 heteroatoms. The molecule has 1 amide bonds. The van der Waals surface area contributed by atoms with Crippen molar-refractivity contribution >= 4 is 43.6 Å². The second-order valence-electron chi connectivity index (χ2n) is 5.58. The molecule has 1 saturated heterocycles. The number of rotatable bonds is 8. The van der Waals surface area contributed by atoms with E-state index in [0.717, 1.165) is 45.8 Å². The number of morpholine rings is 1. The fraction of sp³-hybridized carbons (Fsp3) is 0.917. The van der Waals surface area contributed by atoms with E-state index in [2.05, 4.69) is 27.7 Å². The summed E-state index contributed by atoms with van der Waals surface area (Å²) in [6, 6.07) is 0. The van der Waals surface area contributed by atoms with Crippen molar-refractivity contribution in [2.24, 2.45) is 5.92 Å². The molecular weight excluding hydrogens is 455 g/mol. The standard InChI is InChI=1S/C12H25AsN2O2.H2O7S2/c1-3-10(2)11(13)12(16)14-4-5-15-6-8-17-9-7-15;1-8(2,3)7-9(4,5)6/h10-11H,3-9,13H2,1-2H3,(H,14,16);(H,1,2,3)(H,4,5,6). The van der Waals surface area contributed by atoms with Crippen molar-refractivity contribution in [3.8, 4) is 0 Å². The molecule has 1 fully saturated rings. The predicted molar refractivity (Wildman–Crippen MR) is 96.2 cm³/mol. The van der Waals surface area contributed by atoms with Crippen LogP contribution in [0.25, 0.3) is 0 Å². The molecule has 1 aliphatic heterocycles. The maximum atomic E-state index is 11.8. The molecule has 3 atom stereocenters. The van der Waals surface area contributed by atoms with E-state index in [9.17, 15) is 21.6 Å². The Morgan fingerprint density at radius 3 is 2.12 bits per heavy atom. The molecule has 0 aromatic heterocycles. The SMILES string of the molecule is CCC(C)C([AsH2])C(=O)NCCN1CCOCC1.O=S(=O)(O)OS(=O)(=O)O. The molecule has 1 rings (SSSR count). The smallest absolute Gasteiger partial charge is 0.263 e. The van der Waals surface area contributed by atoms with Crippen LogP contribution in [0.1, 0.15) is 20.3 Å². The Morgan fingerprint density at radius 1 is 1.23 bits per heavy atom. The van der Waals surface area contributed by atoms with E-state index in [1.54, 1.807) is 0 Å².